The molecule has 1 aromatic heterocycles. The number of carbonyl (C=O) groups excluding carboxylic acids is 1. The molecule has 0 spiro atoms. The normalized spacial score (nSPS) is 14.1. The van der Waals surface area contributed by atoms with Gasteiger partial charge in [-0.25, -0.2) is 0 Å². The predicted octanol–water partition coefficient (Wildman–Crippen LogP) is 2.11. The number of nitrogens with zero attached hydrogens (tertiary/aromatic N) is 3. The van der Waals surface area contributed by atoms with Crippen LogP contribution in [0, 0.1) is 0 Å². The van der Waals surface area contributed by atoms with Crippen molar-refractivity contribution in [1.82, 2.24) is 9.88 Å². The maximum absolute atomic E-state index is 12.8. The maximum atomic E-state index is 12.8. The highest BCUT2D eigenvalue weighted by Crippen LogP contribution is 2.21. The fourth-order valence-corrected chi connectivity index (χ4v) is 3.08. The highest BCUT2D eigenvalue weighted by Gasteiger charge is 2.23. The Bertz CT molecular complexity index is 743. The Hall–Kier alpha value is -2.80. The van der Waals surface area contributed by atoms with E-state index in [0.717, 1.165) is 30.2 Å². The van der Waals surface area contributed by atoms with Gasteiger partial charge in [0.05, 0.1) is 13.7 Å². The van der Waals surface area contributed by atoms with E-state index in [1.165, 1.54) is 0 Å². The molecule has 144 valence electrons. The van der Waals surface area contributed by atoms with Gasteiger partial charge in [0, 0.05) is 57.4 Å². The molecule has 27 heavy (non-hydrogen) atoms. The molecule has 0 aliphatic carbocycles. The van der Waals surface area contributed by atoms with Crippen LogP contribution in [0.2, 0.25) is 0 Å². The number of amides is 1. The van der Waals surface area contributed by atoms with Gasteiger partial charge in [0.15, 0.2) is 0 Å². The molecule has 1 aliphatic rings. The van der Waals surface area contributed by atoms with Crippen molar-refractivity contribution in [1.29, 1.82) is 0 Å². The van der Waals surface area contributed by atoms with Crippen molar-refractivity contribution in [2.24, 2.45) is 0 Å². The minimum absolute atomic E-state index is 0.0280. The summed E-state index contributed by atoms with van der Waals surface area (Å²) in [6.07, 6.45) is 1.66. The number of hydrogen-bond acceptors (Lipinski definition) is 6. The van der Waals surface area contributed by atoms with Gasteiger partial charge in [-0.15, -0.1) is 0 Å². The highest BCUT2D eigenvalue weighted by atomic mass is 16.5. The monoisotopic (exact) mass is 370 g/mol. The van der Waals surface area contributed by atoms with E-state index in [-0.39, 0.29) is 5.91 Å². The number of rotatable bonds is 7. The number of benzene rings is 1. The predicted molar refractivity (Wildman–Crippen MR) is 106 cm³/mol. The Balaban J connectivity index is 1.57. The molecule has 1 aromatic carbocycles. The summed E-state index contributed by atoms with van der Waals surface area (Å²) in [6.45, 7) is 4.24. The van der Waals surface area contributed by atoms with E-state index < -0.39 is 0 Å². The quantitative estimate of drug-likeness (QED) is 0.753. The fourth-order valence-electron chi connectivity index (χ4n) is 3.08. The molecule has 2 aromatic rings. The van der Waals surface area contributed by atoms with Crippen LogP contribution in [0.1, 0.15) is 10.5 Å². The second kappa shape index (κ2) is 9.23. The van der Waals surface area contributed by atoms with Gasteiger partial charge in [-0.2, -0.15) is 0 Å². The van der Waals surface area contributed by atoms with Gasteiger partial charge in [-0.3, -0.25) is 9.78 Å². The Morgan fingerprint density at radius 2 is 1.85 bits per heavy atom. The van der Waals surface area contributed by atoms with E-state index in [9.17, 15) is 4.79 Å². The first kappa shape index (κ1) is 19.0. The van der Waals surface area contributed by atoms with E-state index in [1.807, 2.05) is 35.2 Å². The van der Waals surface area contributed by atoms with Crippen LogP contribution in [0.3, 0.4) is 0 Å². The van der Waals surface area contributed by atoms with Crippen LogP contribution in [0.15, 0.2) is 42.6 Å². The molecule has 0 unspecified atom stereocenters. The Labute approximate surface area is 159 Å². The van der Waals surface area contributed by atoms with Crippen LogP contribution in [0.4, 0.5) is 11.4 Å². The largest absolute Gasteiger partial charge is 0.497 e. The molecular formula is C20H26N4O3. The SMILES string of the molecule is COCCNc1ccnc(C(=O)N2CCN(c3ccc(OC)cc3)CC2)c1. The van der Waals surface area contributed by atoms with Gasteiger partial charge in [0.2, 0.25) is 0 Å². The third-order valence-electron chi connectivity index (χ3n) is 4.62. The van der Waals surface area contributed by atoms with E-state index in [2.05, 4.69) is 15.2 Å². The smallest absolute Gasteiger partial charge is 0.272 e. The second-order valence-corrected chi connectivity index (χ2v) is 6.33. The second-order valence-electron chi connectivity index (χ2n) is 6.33. The summed E-state index contributed by atoms with van der Waals surface area (Å²) >= 11 is 0. The zero-order chi connectivity index (χ0) is 19.1. The lowest BCUT2D eigenvalue weighted by Crippen LogP contribution is -2.49. The number of ether oxygens (including phenoxy) is 2. The number of piperazine rings is 1. The minimum atomic E-state index is -0.0280. The van der Waals surface area contributed by atoms with E-state index >= 15 is 0 Å². The molecular weight excluding hydrogens is 344 g/mol. The number of hydrogen-bond donors (Lipinski definition) is 1. The van der Waals surface area contributed by atoms with Crippen LogP contribution >= 0.6 is 0 Å². The van der Waals surface area contributed by atoms with Crippen molar-refractivity contribution in [3.8, 4) is 5.75 Å². The van der Waals surface area contributed by atoms with Crippen molar-refractivity contribution < 1.29 is 14.3 Å². The van der Waals surface area contributed by atoms with Crippen molar-refractivity contribution in [2.45, 2.75) is 0 Å². The lowest BCUT2D eigenvalue weighted by Gasteiger charge is -2.36. The zero-order valence-electron chi connectivity index (χ0n) is 15.9. The van der Waals surface area contributed by atoms with Crippen LogP contribution < -0.4 is 15.0 Å². The molecule has 3 rings (SSSR count). The summed E-state index contributed by atoms with van der Waals surface area (Å²) in [5.74, 6) is 0.817. The zero-order valence-corrected chi connectivity index (χ0v) is 15.9. The molecule has 0 bridgehead atoms. The topological polar surface area (TPSA) is 66.9 Å². The number of methoxy groups -OCH3 is 2. The van der Waals surface area contributed by atoms with Crippen LogP contribution in [0.25, 0.3) is 0 Å². The summed E-state index contributed by atoms with van der Waals surface area (Å²) in [5, 5.41) is 3.23. The third kappa shape index (κ3) is 4.89. The lowest BCUT2D eigenvalue weighted by molar-refractivity contribution is 0.0741. The molecule has 0 atom stereocenters. The first-order chi connectivity index (χ1) is 13.2. The summed E-state index contributed by atoms with van der Waals surface area (Å²) in [5.41, 5.74) is 2.49. The number of anilines is 2. The molecule has 1 amide bonds. The van der Waals surface area contributed by atoms with E-state index in [0.29, 0.717) is 31.9 Å². The molecule has 7 heteroatoms. The molecule has 1 fully saturated rings. The van der Waals surface area contributed by atoms with Crippen LogP contribution in [-0.2, 0) is 4.74 Å². The third-order valence-corrected chi connectivity index (χ3v) is 4.62. The first-order valence-corrected chi connectivity index (χ1v) is 9.08. The maximum Gasteiger partial charge on any atom is 0.272 e. The number of pyridine rings is 1. The Kier molecular flexibility index (Phi) is 6.49. The van der Waals surface area contributed by atoms with Crippen LogP contribution in [0.5, 0.6) is 5.75 Å². The van der Waals surface area contributed by atoms with Gasteiger partial charge < -0.3 is 24.6 Å². The van der Waals surface area contributed by atoms with Gasteiger partial charge in [-0.05, 0) is 36.4 Å². The van der Waals surface area contributed by atoms with Gasteiger partial charge in [0.25, 0.3) is 5.91 Å². The molecule has 2 heterocycles. The fraction of sp³-hybridized carbons (Fsp3) is 0.400. The highest BCUT2D eigenvalue weighted by molar-refractivity contribution is 5.93. The standard InChI is InChI=1S/C20H26N4O3/c1-26-14-9-21-16-7-8-22-19(15-16)20(25)24-12-10-23(11-13-24)17-3-5-18(27-2)6-4-17/h3-8,15H,9-14H2,1-2H3,(H,21,22). The average Bonchev–Trinajstić information content (AvgIpc) is 2.74. The van der Waals surface area contributed by atoms with Crippen molar-refractivity contribution in [3.05, 3.63) is 48.3 Å². The summed E-state index contributed by atoms with van der Waals surface area (Å²) in [6, 6.07) is 11.7. The van der Waals surface area contributed by atoms with Gasteiger partial charge in [0.1, 0.15) is 11.4 Å². The van der Waals surface area contributed by atoms with Crippen LogP contribution in [-0.4, -0.2) is 69.3 Å². The molecule has 0 radical (unpaired) electrons. The number of carbonyl (C=O) groups is 1. The lowest BCUT2D eigenvalue weighted by atomic mass is 10.2. The summed E-state index contributed by atoms with van der Waals surface area (Å²) in [7, 11) is 3.32. The molecule has 1 N–H and O–H groups in total. The molecule has 0 saturated carbocycles. The summed E-state index contributed by atoms with van der Waals surface area (Å²) in [4.78, 5) is 21.2. The first-order valence-electron chi connectivity index (χ1n) is 9.08. The minimum Gasteiger partial charge on any atom is -0.497 e. The van der Waals surface area contributed by atoms with Crippen molar-refractivity contribution in [3.63, 3.8) is 0 Å². The van der Waals surface area contributed by atoms with Gasteiger partial charge in [-0.1, -0.05) is 0 Å². The van der Waals surface area contributed by atoms with Gasteiger partial charge >= 0.3 is 0 Å². The molecule has 7 nitrogen and oxygen atoms in total. The average molecular weight is 370 g/mol. The van der Waals surface area contributed by atoms with E-state index in [1.54, 1.807) is 26.5 Å². The molecule has 1 saturated heterocycles. The van der Waals surface area contributed by atoms with E-state index in [4.69, 9.17) is 9.47 Å². The number of nitrogens with one attached hydrogen (secondary N) is 1. The van der Waals surface area contributed by atoms with Crippen molar-refractivity contribution in [2.75, 3.05) is 63.8 Å². The van der Waals surface area contributed by atoms with Crippen molar-refractivity contribution >= 4 is 17.3 Å². The molecule has 1 aliphatic heterocycles. The summed E-state index contributed by atoms with van der Waals surface area (Å²) < 4.78 is 10.2. The number of aromatic nitrogens is 1. The Morgan fingerprint density at radius 3 is 2.52 bits per heavy atom. The Morgan fingerprint density at radius 1 is 1.11 bits per heavy atom.